The van der Waals surface area contributed by atoms with E-state index in [9.17, 15) is 9.59 Å². The normalized spacial score (nSPS) is 10.2. The zero-order valence-electron chi connectivity index (χ0n) is 11.7. The lowest BCUT2D eigenvalue weighted by Gasteiger charge is -2.04. The first kappa shape index (κ1) is 15.2. The molecule has 0 radical (unpaired) electrons. The van der Waals surface area contributed by atoms with E-state index in [0.29, 0.717) is 10.7 Å². The Morgan fingerprint density at radius 1 is 1.10 bits per heavy atom. The van der Waals surface area contributed by atoms with Crippen LogP contribution in [0, 0.1) is 6.92 Å². The molecule has 0 saturated heterocycles. The molecule has 0 bridgehead atoms. The minimum absolute atomic E-state index is 0.226. The quantitative estimate of drug-likeness (QED) is 0.366. The number of thioether (sulfide) groups is 1. The van der Waals surface area contributed by atoms with Crippen LogP contribution in [0.5, 0.6) is 0 Å². The number of rotatable bonds is 5. The van der Waals surface area contributed by atoms with Gasteiger partial charge in [-0.1, -0.05) is 41.6 Å². The van der Waals surface area contributed by atoms with Crippen LogP contribution in [0.2, 0.25) is 0 Å². The first-order valence-corrected chi connectivity index (χ1v) is 7.45. The minimum Gasteiger partial charge on any atom is -0.454 e. The number of carbonyl (C=O) groups excluding carboxylic acids is 2. The van der Waals surface area contributed by atoms with Gasteiger partial charge in [0.05, 0.1) is 5.56 Å². The number of benzene rings is 1. The number of nitrogens with zero attached hydrogens (tertiary/aromatic N) is 2. The minimum atomic E-state index is -0.608. The third-order valence-electron chi connectivity index (χ3n) is 2.75. The van der Waals surface area contributed by atoms with Gasteiger partial charge >= 0.3 is 5.97 Å². The molecule has 0 aliphatic rings. The molecule has 0 aliphatic carbocycles. The average Bonchev–Trinajstić information content (AvgIpc) is 2.53. The topological polar surface area (TPSA) is 69.2 Å². The maximum absolute atomic E-state index is 11.9. The van der Waals surface area contributed by atoms with E-state index in [1.165, 1.54) is 24.2 Å². The van der Waals surface area contributed by atoms with Crippen LogP contribution in [0.4, 0.5) is 0 Å². The lowest BCUT2D eigenvalue weighted by molar-refractivity contribution is 0.0473. The van der Waals surface area contributed by atoms with Gasteiger partial charge in [0.2, 0.25) is 0 Å². The highest BCUT2D eigenvalue weighted by Crippen LogP contribution is 2.08. The molecule has 21 heavy (non-hydrogen) atoms. The molecule has 0 fully saturated rings. The van der Waals surface area contributed by atoms with Crippen molar-refractivity contribution in [3.63, 3.8) is 0 Å². The Morgan fingerprint density at radius 2 is 1.71 bits per heavy atom. The van der Waals surface area contributed by atoms with Crippen molar-refractivity contribution in [2.75, 3.05) is 12.9 Å². The van der Waals surface area contributed by atoms with E-state index in [0.717, 1.165) is 5.56 Å². The van der Waals surface area contributed by atoms with Gasteiger partial charge in [-0.05, 0) is 13.2 Å². The maximum Gasteiger partial charge on any atom is 0.341 e. The summed E-state index contributed by atoms with van der Waals surface area (Å²) in [5.74, 6) is -0.854. The van der Waals surface area contributed by atoms with Crippen LogP contribution in [-0.2, 0) is 4.74 Å². The third-order valence-corrected chi connectivity index (χ3v) is 3.33. The predicted molar refractivity (Wildman–Crippen MR) is 79.6 cm³/mol. The van der Waals surface area contributed by atoms with Crippen molar-refractivity contribution in [2.24, 2.45) is 0 Å². The Balaban J connectivity index is 1.93. The van der Waals surface area contributed by atoms with E-state index in [4.69, 9.17) is 4.74 Å². The molecule has 1 heterocycles. The first-order valence-electron chi connectivity index (χ1n) is 6.23. The van der Waals surface area contributed by atoms with E-state index < -0.39 is 5.97 Å². The molecule has 5 nitrogen and oxygen atoms in total. The van der Waals surface area contributed by atoms with E-state index >= 15 is 0 Å². The van der Waals surface area contributed by atoms with Crippen LogP contribution in [0.15, 0.2) is 41.8 Å². The number of aryl methyl sites for hydroxylation is 1. The Kier molecular flexibility index (Phi) is 5.05. The standard InChI is InChI=1S/C15H14N2O3S/c1-10-3-5-11(6-4-10)13(18)9-20-14(19)12-7-16-15(21-2)17-8-12/h3-8H,9H2,1-2H3. The summed E-state index contributed by atoms with van der Waals surface area (Å²) in [7, 11) is 0. The lowest BCUT2D eigenvalue weighted by Crippen LogP contribution is -2.14. The molecule has 0 saturated carbocycles. The van der Waals surface area contributed by atoms with Crippen LogP contribution in [0.3, 0.4) is 0 Å². The van der Waals surface area contributed by atoms with Gasteiger partial charge in [-0.2, -0.15) is 0 Å². The van der Waals surface area contributed by atoms with Crippen molar-refractivity contribution in [1.29, 1.82) is 0 Å². The smallest absolute Gasteiger partial charge is 0.341 e. The van der Waals surface area contributed by atoms with Gasteiger partial charge in [0.1, 0.15) is 0 Å². The van der Waals surface area contributed by atoms with Crippen LogP contribution < -0.4 is 0 Å². The van der Waals surface area contributed by atoms with E-state index in [1.54, 1.807) is 12.1 Å². The number of Topliss-reactive ketones (excluding diaryl/α,β-unsaturated/α-hetero) is 1. The largest absolute Gasteiger partial charge is 0.454 e. The summed E-state index contributed by atoms with van der Waals surface area (Å²) in [6.07, 6.45) is 4.61. The molecule has 0 amide bonds. The van der Waals surface area contributed by atoms with E-state index in [-0.39, 0.29) is 18.0 Å². The van der Waals surface area contributed by atoms with Crippen molar-refractivity contribution in [3.05, 3.63) is 53.3 Å². The summed E-state index contributed by atoms with van der Waals surface area (Å²) < 4.78 is 4.97. The number of aromatic nitrogens is 2. The molecular formula is C15H14N2O3S. The van der Waals surface area contributed by atoms with Crippen LogP contribution >= 0.6 is 11.8 Å². The van der Waals surface area contributed by atoms with Crippen molar-refractivity contribution in [1.82, 2.24) is 9.97 Å². The van der Waals surface area contributed by atoms with Gasteiger partial charge in [0.25, 0.3) is 0 Å². The number of hydrogen-bond donors (Lipinski definition) is 0. The van der Waals surface area contributed by atoms with E-state index in [1.807, 2.05) is 25.3 Å². The van der Waals surface area contributed by atoms with Crippen molar-refractivity contribution in [2.45, 2.75) is 12.1 Å². The summed E-state index contributed by atoms with van der Waals surface area (Å²) >= 11 is 1.38. The lowest BCUT2D eigenvalue weighted by atomic mass is 10.1. The zero-order chi connectivity index (χ0) is 15.2. The Bertz CT molecular complexity index is 639. The molecule has 108 valence electrons. The van der Waals surface area contributed by atoms with Gasteiger partial charge < -0.3 is 4.74 Å². The number of ketones is 1. The summed E-state index contributed by atoms with van der Waals surface area (Å²) in [4.78, 5) is 31.6. The second kappa shape index (κ2) is 6.99. The number of hydrogen-bond acceptors (Lipinski definition) is 6. The molecule has 0 N–H and O–H groups in total. The van der Waals surface area contributed by atoms with Crippen molar-refractivity contribution >= 4 is 23.5 Å². The van der Waals surface area contributed by atoms with Gasteiger partial charge in [-0.3, -0.25) is 4.79 Å². The fourth-order valence-corrected chi connectivity index (χ4v) is 1.88. The number of ether oxygens (including phenoxy) is 1. The average molecular weight is 302 g/mol. The molecule has 1 aromatic carbocycles. The van der Waals surface area contributed by atoms with Crippen molar-refractivity contribution < 1.29 is 14.3 Å². The fourth-order valence-electron chi connectivity index (χ4n) is 1.56. The molecule has 0 aliphatic heterocycles. The Hall–Kier alpha value is -2.21. The first-order chi connectivity index (χ1) is 10.1. The second-order valence-electron chi connectivity index (χ2n) is 4.32. The monoisotopic (exact) mass is 302 g/mol. The molecule has 0 unspecified atom stereocenters. The fraction of sp³-hybridized carbons (Fsp3) is 0.200. The van der Waals surface area contributed by atoms with Crippen LogP contribution in [0.25, 0.3) is 0 Å². The summed E-state index contributed by atoms with van der Waals surface area (Å²) in [5, 5.41) is 0.572. The van der Waals surface area contributed by atoms with Crippen molar-refractivity contribution in [3.8, 4) is 0 Å². The van der Waals surface area contributed by atoms with Gasteiger partial charge in [-0.15, -0.1) is 0 Å². The summed E-state index contributed by atoms with van der Waals surface area (Å²) in [6.45, 7) is 1.64. The predicted octanol–water partition coefficient (Wildman–Crippen LogP) is 2.55. The van der Waals surface area contributed by atoms with Gasteiger partial charge in [0.15, 0.2) is 17.5 Å². The summed E-state index contributed by atoms with van der Waals surface area (Å²) in [5.41, 5.74) is 1.81. The molecular weight excluding hydrogens is 288 g/mol. The van der Waals surface area contributed by atoms with Gasteiger partial charge in [0, 0.05) is 18.0 Å². The molecule has 0 atom stereocenters. The molecule has 1 aromatic heterocycles. The van der Waals surface area contributed by atoms with Crippen LogP contribution in [-0.4, -0.2) is 34.6 Å². The number of carbonyl (C=O) groups is 2. The molecule has 6 heteroatoms. The summed E-state index contributed by atoms with van der Waals surface area (Å²) in [6, 6.07) is 7.10. The molecule has 2 aromatic rings. The highest BCUT2D eigenvalue weighted by Gasteiger charge is 2.12. The zero-order valence-corrected chi connectivity index (χ0v) is 12.5. The Morgan fingerprint density at radius 3 is 2.29 bits per heavy atom. The SMILES string of the molecule is CSc1ncc(C(=O)OCC(=O)c2ccc(C)cc2)cn1. The van der Waals surface area contributed by atoms with Gasteiger partial charge in [-0.25, -0.2) is 14.8 Å². The highest BCUT2D eigenvalue weighted by molar-refractivity contribution is 7.98. The molecule has 0 spiro atoms. The Labute approximate surface area is 126 Å². The second-order valence-corrected chi connectivity index (χ2v) is 5.10. The van der Waals surface area contributed by atoms with Crippen LogP contribution in [0.1, 0.15) is 26.3 Å². The number of esters is 1. The highest BCUT2D eigenvalue weighted by atomic mass is 32.2. The van der Waals surface area contributed by atoms with E-state index in [2.05, 4.69) is 9.97 Å². The third kappa shape index (κ3) is 4.13. The maximum atomic E-state index is 11.9. The molecule has 2 rings (SSSR count).